The van der Waals surface area contributed by atoms with E-state index in [-0.39, 0.29) is 11.5 Å². The molecule has 2 aromatic rings. The molecule has 0 amide bonds. The van der Waals surface area contributed by atoms with Gasteiger partial charge in [-0.2, -0.15) is 5.26 Å². The molecule has 0 heterocycles. The predicted molar refractivity (Wildman–Crippen MR) is 145 cm³/mol. The van der Waals surface area contributed by atoms with Crippen molar-refractivity contribution >= 4 is 0 Å². The molecule has 0 bridgehead atoms. The van der Waals surface area contributed by atoms with Gasteiger partial charge in [-0.15, -0.1) is 6.58 Å². The number of rotatable bonds is 11. The molecule has 6 heteroatoms. The van der Waals surface area contributed by atoms with Crippen molar-refractivity contribution in [2.24, 2.45) is 11.8 Å². The first-order chi connectivity index (χ1) is 18.9. The monoisotopic (exact) mass is 541 g/mol. The molecule has 2 aliphatic carbocycles. The number of aryl methyl sites for hydroxylation is 1. The van der Waals surface area contributed by atoms with E-state index >= 15 is 0 Å². The largest absolute Gasteiger partial charge is 0.378 e. The number of halogens is 4. The summed E-state index contributed by atoms with van der Waals surface area (Å²) in [7, 11) is 0. The Bertz CT molecular complexity index is 1110. The van der Waals surface area contributed by atoms with Crippen LogP contribution in [0.5, 0.6) is 0 Å². The van der Waals surface area contributed by atoms with E-state index in [9.17, 15) is 17.6 Å². The van der Waals surface area contributed by atoms with Crippen molar-refractivity contribution in [1.82, 2.24) is 0 Å². The molecular formula is C33H39F4NO. The SMILES string of the molecule is C=CCCOC1CCC(CCc2cc(F)c(CCC3CCC(c4cc(F)c(C#N)c(F)c4)CC3)c(F)c2)CC1. The van der Waals surface area contributed by atoms with Gasteiger partial charge < -0.3 is 4.74 Å². The molecule has 0 aromatic heterocycles. The molecule has 2 aromatic carbocycles. The van der Waals surface area contributed by atoms with Crippen molar-refractivity contribution in [3.8, 4) is 6.07 Å². The van der Waals surface area contributed by atoms with E-state index in [0.29, 0.717) is 42.8 Å². The third-order valence-corrected chi connectivity index (χ3v) is 8.81. The van der Waals surface area contributed by atoms with Gasteiger partial charge in [0.1, 0.15) is 34.9 Å². The van der Waals surface area contributed by atoms with Crippen molar-refractivity contribution in [3.05, 3.63) is 82.4 Å². The summed E-state index contributed by atoms with van der Waals surface area (Å²) in [6.07, 6.45) is 13.2. The lowest BCUT2D eigenvalue weighted by Crippen LogP contribution is -2.22. The Balaban J connectivity index is 1.22. The summed E-state index contributed by atoms with van der Waals surface area (Å²) in [6, 6.07) is 7.11. The summed E-state index contributed by atoms with van der Waals surface area (Å²) in [4.78, 5) is 0. The minimum atomic E-state index is -0.819. The molecule has 0 spiro atoms. The predicted octanol–water partition coefficient (Wildman–Crippen LogP) is 9.11. The Morgan fingerprint density at radius 1 is 0.795 bits per heavy atom. The minimum Gasteiger partial charge on any atom is -0.378 e. The third kappa shape index (κ3) is 7.94. The van der Waals surface area contributed by atoms with E-state index in [2.05, 4.69) is 6.58 Å². The van der Waals surface area contributed by atoms with E-state index in [4.69, 9.17) is 10.00 Å². The van der Waals surface area contributed by atoms with E-state index in [1.54, 1.807) is 6.07 Å². The number of hydrogen-bond donors (Lipinski definition) is 0. The molecule has 2 fully saturated rings. The van der Waals surface area contributed by atoms with Gasteiger partial charge in [0.2, 0.25) is 0 Å². The smallest absolute Gasteiger partial charge is 0.144 e. The maximum atomic E-state index is 14.9. The zero-order valence-corrected chi connectivity index (χ0v) is 22.7. The first-order valence-electron chi connectivity index (χ1n) is 14.5. The van der Waals surface area contributed by atoms with Crippen LogP contribution in [0.25, 0.3) is 0 Å². The maximum absolute atomic E-state index is 14.9. The van der Waals surface area contributed by atoms with Crippen LogP contribution in [0.1, 0.15) is 98.8 Å². The molecule has 0 N–H and O–H groups in total. The molecule has 0 saturated heterocycles. The van der Waals surface area contributed by atoms with Gasteiger partial charge in [0, 0.05) is 5.56 Å². The van der Waals surface area contributed by atoms with Crippen molar-refractivity contribution in [1.29, 1.82) is 5.26 Å². The highest BCUT2D eigenvalue weighted by Crippen LogP contribution is 2.39. The summed E-state index contributed by atoms with van der Waals surface area (Å²) < 4.78 is 63.7. The number of nitriles is 1. The molecule has 0 aliphatic heterocycles. The fourth-order valence-corrected chi connectivity index (χ4v) is 6.38. The van der Waals surface area contributed by atoms with Crippen LogP contribution in [0.15, 0.2) is 36.9 Å². The van der Waals surface area contributed by atoms with E-state index in [1.807, 2.05) is 6.08 Å². The molecule has 0 unspecified atom stereocenters. The highest BCUT2D eigenvalue weighted by atomic mass is 19.1. The van der Waals surface area contributed by atoms with E-state index < -0.39 is 28.8 Å². The summed E-state index contributed by atoms with van der Waals surface area (Å²) >= 11 is 0. The van der Waals surface area contributed by atoms with Crippen LogP contribution in [0.4, 0.5) is 17.6 Å². The maximum Gasteiger partial charge on any atom is 0.144 e. The molecule has 39 heavy (non-hydrogen) atoms. The van der Waals surface area contributed by atoms with E-state index in [0.717, 1.165) is 76.4 Å². The van der Waals surface area contributed by atoms with Crippen molar-refractivity contribution in [3.63, 3.8) is 0 Å². The topological polar surface area (TPSA) is 33.0 Å². The van der Waals surface area contributed by atoms with Gasteiger partial charge in [-0.1, -0.05) is 6.08 Å². The van der Waals surface area contributed by atoms with Crippen LogP contribution in [-0.4, -0.2) is 12.7 Å². The number of benzene rings is 2. The van der Waals surface area contributed by atoms with Crippen molar-refractivity contribution in [2.45, 2.75) is 95.5 Å². The van der Waals surface area contributed by atoms with Crippen LogP contribution in [-0.2, 0) is 17.6 Å². The van der Waals surface area contributed by atoms with Gasteiger partial charge in [0.25, 0.3) is 0 Å². The normalized spacial score (nSPS) is 23.4. The van der Waals surface area contributed by atoms with Crippen LogP contribution >= 0.6 is 0 Å². The van der Waals surface area contributed by atoms with E-state index in [1.165, 1.54) is 24.3 Å². The minimum absolute atomic E-state index is 0.0329. The second kappa shape index (κ2) is 14.1. The third-order valence-electron chi connectivity index (χ3n) is 8.81. The Hall–Kier alpha value is -2.65. The fourth-order valence-electron chi connectivity index (χ4n) is 6.38. The number of hydrogen-bond acceptors (Lipinski definition) is 2. The molecule has 4 rings (SSSR count). The number of ether oxygens (including phenoxy) is 1. The van der Waals surface area contributed by atoms with Gasteiger partial charge in [0.15, 0.2) is 0 Å². The second-order valence-electron chi connectivity index (χ2n) is 11.4. The van der Waals surface area contributed by atoms with Crippen molar-refractivity contribution in [2.75, 3.05) is 6.61 Å². The molecule has 0 radical (unpaired) electrons. The van der Waals surface area contributed by atoms with Crippen LogP contribution in [0.3, 0.4) is 0 Å². The average molecular weight is 542 g/mol. The summed E-state index contributed by atoms with van der Waals surface area (Å²) in [5.41, 5.74) is 0.921. The summed E-state index contributed by atoms with van der Waals surface area (Å²) in [6.45, 7) is 4.45. The Labute approximate surface area is 230 Å². The van der Waals surface area contributed by atoms with Gasteiger partial charge in [-0.25, -0.2) is 17.6 Å². The first-order valence-corrected chi connectivity index (χ1v) is 14.5. The lowest BCUT2D eigenvalue weighted by molar-refractivity contribution is 0.0198. The lowest BCUT2D eigenvalue weighted by Gasteiger charge is -2.29. The quantitative estimate of drug-likeness (QED) is 0.161. The van der Waals surface area contributed by atoms with Crippen LogP contribution in [0, 0.1) is 46.4 Å². The highest BCUT2D eigenvalue weighted by Gasteiger charge is 2.25. The highest BCUT2D eigenvalue weighted by molar-refractivity contribution is 5.36. The Morgan fingerprint density at radius 3 is 1.92 bits per heavy atom. The van der Waals surface area contributed by atoms with Gasteiger partial charge in [-0.3, -0.25) is 0 Å². The second-order valence-corrected chi connectivity index (χ2v) is 11.4. The summed E-state index contributed by atoms with van der Waals surface area (Å²) in [5.74, 6) is -1.62. The zero-order valence-electron chi connectivity index (χ0n) is 22.7. The Morgan fingerprint density at radius 2 is 1.36 bits per heavy atom. The van der Waals surface area contributed by atoms with Crippen LogP contribution < -0.4 is 0 Å². The van der Waals surface area contributed by atoms with Crippen LogP contribution in [0.2, 0.25) is 0 Å². The lowest BCUT2D eigenvalue weighted by atomic mass is 9.76. The average Bonchev–Trinajstić information content (AvgIpc) is 2.92. The molecule has 2 aliphatic rings. The molecular weight excluding hydrogens is 502 g/mol. The standard InChI is InChI=1S/C33H39F4NO/c1-2-3-16-39-27-13-8-22(9-14-27)4-5-24-17-30(34)28(31(35)18-24)15-10-23-6-11-25(12-7-23)26-19-32(36)29(21-38)33(37)20-26/h2,17-20,22-23,25,27H,1,3-16H2. The molecule has 2 nitrogen and oxygen atoms in total. The fraction of sp³-hybridized carbons (Fsp3) is 0.545. The molecule has 0 atom stereocenters. The van der Waals surface area contributed by atoms with Gasteiger partial charge >= 0.3 is 0 Å². The molecule has 210 valence electrons. The van der Waals surface area contributed by atoms with Gasteiger partial charge in [0.05, 0.1) is 12.7 Å². The summed E-state index contributed by atoms with van der Waals surface area (Å²) in [5, 5.41) is 8.87. The molecule has 2 saturated carbocycles. The first kappa shape index (κ1) is 29.3. The Kier molecular flexibility index (Phi) is 10.6. The van der Waals surface area contributed by atoms with Gasteiger partial charge in [-0.05, 0) is 137 Å². The van der Waals surface area contributed by atoms with Crippen molar-refractivity contribution < 1.29 is 22.3 Å². The number of nitrogens with zero attached hydrogens (tertiary/aromatic N) is 1. The zero-order chi connectivity index (χ0) is 27.8.